The predicted molar refractivity (Wildman–Crippen MR) is 179 cm³/mol. The Hall–Kier alpha value is -6.22. The van der Waals surface area contributed by atoms with Crippen LogP contribution in [0.4, 0.5) is 16.3 Å². The van der Waals surface area contributed by atoms with E-state index in [0.717, 1.165) is 16.7 Å². The summed E-state index contributed by atoms with van der Waals surface area (Å²) in [5.41, 5.74) is 4.12. The van der Waals surface area contributed by atoms with Crippen LogP contribution >= 0.6 is 0 Å². The average molecular weight is 672 g/mol. The van der Waals surface area contributed by atoms with E-state index in [0.29, 0.717) is 16.9 Å². The number of rotatable bonds is 9. The molecule has 3 aromatic heterocycles. The number of anilines is 2. The van der Waals surface area contributed by atoms with E-state index < -0.39 is 42.8 Å². The van der Waals surface area contributed by atoms with Gasteiger partial charge in [0.15, 0.2) is 29.5 Å². The summed E-state index contributed by atoms with van der Waals surface area (Å²) < 4.78 is 27.2. The maximum absolute atomic E-state index is 12.8. The van der Waals surface area contributed by atoms with E-state index in [1.54, 1.807) is 23.0 Å². The summed E-state index contributed by atoms with van der Waals surface area (Å²) in [6.45, 7) is -0.0802. The van der Waals surface area contributed by atoms with Crippen LogP contribution in [0.25, 0.3) is 22.3 Å². The van der Waals surface area contributed by atoms with Crippen LogP contribution in [-0.4, -0.2) is 66.5 Å². The lowest BCUT2D eigenvalue weighted by Gasteiger charge is -2.22. The third kappa shape index (κ3) is 6.09. The first-order chi connectivity index (χ1) is 24.5. The van der Waals surface area contributed by atoms with Crippen LogP contribution in [0.15, 0.2) is 116 Å². The monoisotopic (exact) mass is 671 g/mol. The number of carboxylic acid groups (broad SMARTS) is 1. The minimum atomic E-state index is -1.17. The smallest absolute Gasteiger partial charge is 0.341 e. The Balaban J connectivity index is 1.09. The molecule has 0 spiro atoms. The maximum Gasteiger partial charge on any atom is 0.341 e. The first-order valence-electron chi connectivity index (χ1n) is 15.8. The largest absolute Gasteiger partial charge is 0.477 e. The van der Waals surface area contributed by atoms with Gasteiger partial charge in [0.25, 0.3) is 0 Å². The summed E-state index contributed by atoms with van der Waals surface area (Å²) in [6.07, 6.45) is 0.807. The number of ether oxygens (including phenoxy) is 4. The zero-order valence-corrected chi connectivity index (χ0v) is 26.2. The van der Waals surface area contributed by atoms with Crippen molar-refractivity contribution in [2.45, 2.75) is 30.8 Å². The van der Waals surface area contributed by atoms with Crippen LogP contribution in [0.1, 0.15) is 28.4 Å². The molecule has 5 atom stereocenters. The molecule has 2 saturated heterocycles. The Bertz CT molecular complexity index is 2170. The third-order valence-corrected chi connectivity index (χ3v) is 8.40. The number of carbonyl (C=O) groups excluding carboxylic acids is 1. The number of benzene rings is 3. The van der Waals surface area contributed by atoms with Crippen molar-refractivity contribution in [1.29, 1.82) is 0 Å². The first-order valence-corrected chi connectivity index (χ1v) is 15.8. The van der Waals surface area contributed by atoms with Gasteiger partial charge < -0.3 is 29.4 Å². The van der Waals surface area contributed by atoms with E-state index in [4.69, 9.17) is 18.9 Å². The number of fused-ring (bicyclic) bond motifs is 2. The van der Waals surface area contributed by atoms with Gasteiger partial charge in [0.1, 0.15) is 36.8 Å². The van der Waals surface area contributed by atoms with Gasteiger partial charge in [-0.1, -0.05) is 66.7 Å². The molecule has 0 radical (unpaired) electrons. The number of nitrogens with zero attached hydrogens (tertiary/aromatic N) is 5. The molecule has 14 heteroatoms. The second-order valence-electron chi connectivity index (χ2n) is 11.6. The molecule has 2 aliphatic rings. The lowest BCUT2D eigenvalue weighted by Crippen LogP contribution is -2.33. The van der Waals surface area contributed by atoms with Crippen LogP contribution in [0.3, 0.4) is 0 Å². The Morgan fingerprint density at radius 2 is 1.58 bits per heavy atom. The van der Waals surface area contributed by atoms with Crippen LogP contribution in [0, 0.1) is 0 Å². The van der Waals surface area contributed by atoms with Gasteiger partial charge in [-0.05, 0) is 41.5 Å². The van der Waals surface area contributed by atoms with Gasteiger partial charge in [0, 0.05) is 17.4 Å². The molecule has 5 heterocycles. The molecule has 3 aromatic carbocycles. The van der Waals surface area contributed by atoms with Crippen molar-refractivity contribution in [3.05, 3.63) is 127 Å². The van der Waals surface area contributed by atoms with Gasteiger partial charge in [-0.25, -0.2) is 29.5 Å². The number of imidazole rings is 1. The van der Waals surface area contributed by atoms with Gasteiger partial charge in [-0.2, -0.15) is 0 Å². The van der Waals surface area contributed by atoms with Gasteiger partial charge in [-0.15, -0.1) is 0 Å². The summed E-state index contributed by atoms with van der Waals surface area (Å²) in [7, 11) is 0. The zero-order valence-electron chi connectivity index (χ0n) is 26.2. The van der Waals surface area contributed by atoms with Crippen LogP contribution in [0.2, 0.25) is 0 Å². The molecule has 14 nitrogen and oxygen atoms in total. The average Bonchev–Trinajstić information content (AvgIpc) is 3.87. The Labute approximate surface area is 284 Å². The summed E-state index contributed by atoms with van der Waals surface area (Å²) in [6, 6.07) is 29.4. The number of nitrogens with one attached hydrogen (secondary N) is 2. The SMILES string of the molecule is O=C(Nc1ccccc1)Nc1ncnc2c1ncn2C1OC(COc2ncccc2C(=O)O)C2OC(c3cccc(-c4ccccc4)c3)OC21. The van der Waals surface area contributed by atoms with Gasteiger partial charge in [0.2, 0.25) is 5.88 Å². The highest BCUT2D eigenvalue weighted by molar-refractivity contribution is 6.02. The molecule has 6 aromatic rings. The lowest BCUT2D eigenvalue weighted by molar-refractivity contribution is -0.152. The van der Waals surface area contributed by atoms with Crippen LogP contribution in [0.5, 0.6) is 5.88 Å². The second-order valence-corrected chi connectivity index (χ2v) is 11.6. The molecule has 0 bridgehead atoms. The number of amides is 2. The van der Waals surface area contributed by atoms with Gasteiger partial charge in [-0.3, -0.25) is 9.88 Å². The minimum absolute atomic E-state index is 0.0417. The minimum Gasteiger partial charge on any atom is -0.477 e. The van der Waals surface area contributed by atoms with Crippen molar-refractivity contribution < 1.29 is 33.6 Å². The predicted octanol–water partition coefficient (Wildman–Crippen LogP) is 5.69. The van der Waals surface area contributed by atoms with E-state index in [1.165, 1.54) is 24.7 Å². The Morgan fingerprint density at radius 1 is 0.800 bits per heavy atom. The molecule has 0 saturated carbocycles. The van der Waals surface area contributed by atoms with E-state index in [9.17, 15) is 14.7 Å². The number of carboxylic acids is 1. The van der Waals surface area contributed by atoms with Gasteiger partial charge >= 0.3 is 12.0 Å². The van der Waals surface area contributed by atoms with Crippen LogP contribution in [-0.2, 0) is 14.2 Å². The van der Waals surface area contributed by atoms with Crippen molar-refractivity contribution in [3.63, 3.8) is 0 Å². The normalized spacial score (nSPS) is 21.1. The number of urea groups is 1. The number of para-hydroxylation sites is 1. The molecule has 2 amide bonds. The molecule has 8 rings (SSSR count). The van der Waals surface area contributed by atoms with Gasteiger partial charge in [0.05, 0.1) is 6.33 Å². The summed E-state index contributed by atoms with van der Waals surface area (Å²) >= 11 is 0. The fraction of sp³-hybridized carbons (Fsp3) is 0.167. The molecule has 0 aliphatic carbocycles. The lowest BCUT2D eigenvalue weighted by atomic mass is 10.0. The Kier molecular flexibility index (Phi) is 8.30. The van der Waals surface area contributed by atoms with Crippen molar-refractivity contribution in [3.8, 4) is 17.0 Å². The third-order valence-electron chi connectivity index (χ3n) is 8.40. The zero-order chi connectivity index (χ0) is 34.0. The summed E-state index contributed by atoms with van der Waals surface area (Å²) in [5, 5.41) is 15.2. The Morgan fingerprint density at radius 3 is 2.40 bits per heavy atom. The first kappa shape index (κ1) is 31.1. The maximum atomic E-state index is 12.8. The summed E-state index contributed by atoms with van der Waals surface area (Å²) in [4.78, 5) is 41.9. The standard InChI is InChI=1S/C36H29N7O7/c44-34(45)25-15-8-16-37-32(25)47-18-26-28-29(50-35(49-28)23-12-7-11-22(17-23)21-9-3-1-4-10-21)33(48-26)43-20-40-27-30(38-19-39-31(27)43)42-36(46)41-24-13-5-2-6-14-24/h1-17,19-20,26,28-29,33,35H,18H2,(H,44,45)(H2,38,39,41,42,46). The highest BCUT2D eigenvalue weighted by Crippen LogP contribution is 2.45. The highest BCUT2D eigenvalue weighted by atomic mass is 16.8. The molecular weight excluding hydrogens is 642 g/mol. The van der Waals surface area contributed by atoms with E-state index >= 15 is 0 Å². The molecular formula is C36H29N7O7. The number of carbonyl (C=O) groups is 2. The van der Waals surface area contributed by atoms with Crippen molar-refractivity contribution in [2.75, 3.05) is 17.2 Å². The molecule has 2 fully saturated rings. The quantitative estimate of drug-likeness (QED) is 0.172. The van der Waals surface area contributed by atoms with Crippen molar-refractivity contribution >= 4 is 34.7 Å². The molecule has 2 aliphatic heterocycles. The van der Waals surface area contributed by atoms with Crippen molar-refractivity contribution in [1.82, 2.24) is 24.5 Å². The number of aromatic carboxylic acids is 1. The molecule has 250 valence electrons. The second kappa shape index (κ2) is 13.4. The van der Waals surface area contributed by atoms with E-state index in [1.807, 2.05) is 72.8 Å². The molecule has 5 unspecified atom stereocenters. The topological polar surface area (TPSA) is 172 Å². The number of aromatic nitrogens is 5. The van der Waals surface area contributed by atoms with Crippen LogP contribution < -0.4 is 15.4 Å². The fourth-order valence-corrected chi connectivity index (χ4v) is 6.10. The summed E-state index contributed by atoms with van der Waals surface area (Å²) in [5.74, 6) is -1.01. The van der Waals surface area contributed by atoms with E-state index in [-0.39, 0.29) is 23.9 Å². The molecule has 50 heavy (non-hydrogen) atoms. The van der Waals surface area contributed by atoms with E-state index in [2.05, 4.69) is 30.6 Å². The molecule has 3 N–H and O–H groups in total. The highest BCUT2D eigenvalue weighted by Gasteiger charge is 2.54. The number of pyridine rings is 1. The van der Waals surface area contributed by atoms with Crippen molar-refractivity contribution in [2.24, 2.45) is 0 Å². The fourth-order valence-electron chi connectivity index (χ4n) is 6.10. The number of hydrogen-bond donors (Lipinski definition) is 3. The number of hydrogen-bond acceptors (Lipinski definition) is 10.